The van der Waals surface area contributed by atoms with E-state index in [1.807, 2.05) is 67.6 Å². The number of fused-ring (bicyclic) bond motifs is 2. The Morgan fingerprint density at radius 3 is 1.73 bits per heavy atom. The summed E-state index contributed by atoms with van der Waals surface area (Å²) in [5.41, 5.74) is 7.19. The van der Waals surface area contributed by atoms with Crippen molar-refractivity contribution in [2.75, 3.05) is 14.2 Å². The van der Waals surface area contributed by atoms with Crippen molar-refractivity contribution in [1.82, 2.24) is 19.9 Å². The molecular weight excluding hydrogens is 628 g/mol. The number of hydrogen-bond acceptors (Lipinski definition) is 10. The van der Waals surface area contributed by atoms with Gasteiger partial charge in [0.05, 0.1) is 36.4 Å². The maximum atomic E-state index is 11.6. The molecule has 0 aliphatic rings. The van der Waals surface area contributed by atoms with Crippen LogP contribution in [0.3, 0.4) is 0 Å². The lowest BCUT2D eigenvalue weighted by molar-refractivity contribution is 0.0591. The minimum Gasteiger partial charge on any atom is -0.465 e. The topological polar surface area (TPSA) is 152 Å². The van der Waals surface area contributed by atoms with Gasteiger partial charge < -0.3 is 9.47 Å². The van der Waals surface area contributed by atoms with Crippen LogP contribution in [0.1, 0.15) is 54.6 Å². The number of benzene rings is 2. The van der Waals surface area contributed by atoms with Gasteiger partial charge in [-0.05, 0) is 90.8 Å². The van der Waals surface area contributed by atoms with E-state index in [0.717, 1.165) is 44.3 Å². The molecule has 0 saturated carbocycles. The zero-order chi connectivity index (χ0) is 34.5. The van der Waals surface area contributed by atoms with Crippen LogP contribution in [0.15, 0.2) is 97.3 Å². The number of aryl methyl sites for hydroxylation is 1. The van der Waals surface area contributed by atoms with Gasteiger partial charge in [-0.2, -0.15) is 10.5 Å². The van der Waals surface area contributed by atoms with Gasteiger partial charge in [-0.25, -0.2) is 19.6 Å². The predicted molar refractivity (Wildman–Crippen MR) is 181 cm³/mol. The maximum absolute atomic E-state index is 11.6. The highest BCUT2D eigenvalue weighted by molar-refractivity contribution is 6.17. The van der Waals surface area contributed by atoms with Crippen molar-refractivity contribution in [2.24, 2.45) is 0 Å². The molecular formula is C37H29ClN6O4. The summed E-state index contributed by atoms with van der Waals surface area (Å²) in [6, 6.07) is 29.5. The van der Waals surface area contributed by atoms with Gasteiger partial charge in [-0.1, -0.05) is 12.1 Å². The summed E-state index contributed by atoms with van der Waals surface area (Å²) in [5, 5.41) is 19.5. The summed E-state index contributed by atoms with van der Waals surface area (Å²) in [5.74, 6) is -0.202. The standard InChI is InChI=1S/C18H13N3O2.C11H7ClN2.C8H9NO2/c1-23-18(22)14-6-7-20-16(10-14)9-12-2-5-17-13(8-12)3-4-15(11-19)21-17;12-6-8-1-4-11-9(5-8)2-3-10(7-13)14-11;1-6-5-7(3-4-9-6)8(10)11-2/h2-8,10H,9H2,1H3;1-5H,6H2;3-5H,1-2H3. The van der Waals surface area contributed by atoms with Crippen molar-refractivity contribution < 1.29 is 19.1 Å². The minimum atomic E-state index is -0.375. The maximum Gasteiger partial charge on any atom is 0.337 e. The molecule has 0 bridgehead atoms. The van der Waals surface area contributed by atoms with E-state index in [2.05, 4.69) is 24.7 Å². The molecule has 11 heteroatoms. The van der Waals surface area contributed by atoms with Gasteiger partial charge in [0, 0.05) is 46.9 Å². The Balaban J connectivity index is 0.000000177. The first-order valence-electron chi connectivity index (χ1n) is 14.5. The highest BCUT2D eigenvalue weighted by Crippen LogP contribution is 2.18. The predicted octanol–water partition coefficient (Wildman–Crippen LogP) is 6.90. The second kappa shape index (κ2) is 16.9. The first-order valence-corrected chi connectivity index (χ1v) is 15.0. The van der Waals surface area contributed by atoms with Gasteiger partial charge in [-0.3, -0.25) is 9.97 Å². The number of alkyl halides is 1. The van der Waals surface area contributed by atoms with Gasteiger partial charge in [0.1, 0.15) is 23.5 Å². The summed E-state index contributed by atoms with van der Waals surface area (Å²) < 4.78 is 9.24. The van der Waals surface area contributed by atoms with Crippen LogP contribution in [0.5, 0.6) is 0 Å². The Kier molecular flexibility index (Phi) is 12.2. The van der Waals surface area contributed by atoms with Crippen molar-refractivity contribution in [3.63, 3.8) is 0 Å². The number of pyridine rings is 4. The number of carbonyl (C=O) groups excluding carboxylic acids is 2. The highest BCUT2D eigenvalue weighted by atomic mass is 35.5. The second-order valence-corrected chi connectivity index (χ2v) is 10.5. The summed E-state index contributed by atoms with van der Waals surface area (Å²) in [6.45, 7) is 1.83. The average molecular weight is 657 g/mol. The zero-order valence-electron chi connectivity index (χ0n) is 26.3. The molecule has 0 atom stereocenters. The Bertz CT molecular complexity index is 2170. The number of hydrogen-bond donors (Lipinski definition) is 0. The molecule has 0 saturated heterocycles. The lowest BCUT2D eigenvalue weighted by Gasteiger charge is -2.05. The number of ether oxygens (including phenoxy) is 2. The van der Waals surface area contributed by atoms with Crippen molar-refractivity contribution in [3.8, 4) is 12.1 Å². The molecule has 0 fully saturated rings. The van der Waals surface area contributed by atoms with Crippen LogP contribution in [-0.4, -0.2) is 46.1 Å². The SMILES string of the molecule is COC(=O)c1ccnc(C)c1.COC(=O)c1ccnc(Cc2ccc3nc(C#N)ccc3c2)c1.N#Cc1ccc2cc(CCl)ccc2n1. The van der Waals surface area contributed by atoms with Crippen LogP contribution in [0.2, 0.25) is 0 Å². The first kappa shape index (κ1) is 34.6. The number of carbonyl (C=O) groups is 2. The molecule has 0 aliphatic heterocycles. The number of methoxy groups -OCH3 is 2. The average Bonchev–Trinajstić information content (AvgIpc) is 3.14. The molecule has 2 aromatic carbocycles. The number of nitriles is 2. The lowest BCUT2D eigenvalue weighted by Crippen LogP contribution is -2.03. The van der Waals surface area contributed by atoms with Gasteiger partial charge >= 0.3 is 11.9 Å². The Morgan fingerprint density at radius 2 is 1.21 bits per heavy atom. The van der Waals surface area contributed by atoms with E-state index in [0.29, 0.717) is 34.8 Å². The van der Waals surface area contributed by atoms with E-state index in [1.165, 1.54) is 14.2 Å². The second-order valence-electron chi connectivity index (χ2n) is 10.2. The van der Waals surface area contributed by atoms with Gasteiger partial charge in [0.15, 0.2) is 0 Å². The Hall–Kier alpha value is -6.23. The molecule has 0 N–H and O–H groups in total. The molecule has 0 radical (unpaired) electrons. The summed E-state index contributed by atoms with van der Waals surface area (Å²) in [6.07, 6.45) is 3.78. The van der Waals surface area contributed by atoms with E-state index in [9.17, 15) is 9.59 Å². The molecule has 0 unspecified atom stereocenters. The van der Waals surface area contributed by atoms with Crippen molar-refractivity contribution >= 4 is 45.3 Å². The van der Waals surface area contributed by atoms with Gasteiger partial charge in [0.25, 0.3) is 0 Å². The number of halogens is 1. The highest BCUT2D eigenvalue weighted by Gasteiger charge is 2.08. The molecule has 48 heavy (non-hydrogen) atoms. The van der Waals surface area contributed by atoms with Crippen LogP contribution >= 0.6 is 11.6 Å². The normalized spacial score (nSPS) is 9.96. The van der Waals surface area contributed by atoms with Crippen LogP contribution in [0, 0.1) is 29.6 Å². The fraction of sp³-hybridized carbons (Fsp3) is 0.135. The third kappa shape index (κ3) is 9.39. The van der Waals surface area contributed by atoms with Crippen molar-refractivity contribution in [3.05, 3.63) is 142 Å². The molecule has 238 valence electrons. The molecule has 0 spiro atoms. The van der Waals surface area contributed by atoms with Gasteiger partial charge in [0.2, 0.25) is 0 Å². The Morgan fingerprint density at radius 1 is 0.688 bits per heavy atom. The fourth-order valence-electron chi connectivity index (χ4n) is 4.49. The number of aromatic nitrogens is 4. The zero-order valence-corrected chi connectivity index (χ0v) is 27.1. The third-order valence-electron chi connectivity index (χ3n) is 6.83. The number of nitrogens with zero attached hydrogens (tertiary/aromatic N) is 6. The van der Waals surface area contributed by atoms with E-state index in [1.54, 1.807) is 48.8 Å². The molecule has 4 aromatic heterocycles. The van der Waals surface area contributed by atoms with Crippen LogP contribution in [-0.2, 0) is 21.8 Å². The quantitative estimate of drug-likeness (QED) is 0.141. The van der Waals surface area contributed by atoms with Crippen LogP contribution in [0.4, 0.5) is 0 Å². The first-order chi connectivity index (χ1) is 23.3. The summed E-state index contributed by atoms with van der Waals surface area (Å²) >= 11 is 5.71. The van der Waals surface area contributed by atoms with Crippen molar-refractivity contribution in [2.45, 2.75) is 19.2 Å². The molecule has 4 heterocycles. The molecule has 0 amide bonds. The molecule has 6 rings (SSSR count). The van der Waals surface area contributed by atoms with Crippen LogP contribution < -0.4 is 0 Å². The smallest absolute Gasteiger partial charge is 0.337 e. The van der Waals surface area contributed by atoms with Crippen LogP contribution in [0.25, 0.3) is 21.8 Å². The largest absolute Gasteiger partial charge is 0.465 e. The molecule has 6 aromatic rings. The minimum absolute atomic E-state index is 0.324. The lowest BCUT2D eigenvalue weighted by atomic mass is 10.0. The van der Waals surface area contributed by atoms with Crippen molar-refractivity contribution in [1.29, 1.82) is 10.5 Å². The van der Waals surface area contributed by atoms with E-state index < -0.39 is 0 Å². The van der Waals surface area contributed by atoms with E-state index in [4.69, 9.17) is 26.9 Å². The Labute approximate surface area is 282 Å². The van der Waals surface area contributed by atoms with E-state index in [-0.39, 0.29) is 11.9 Å². The molecule has 0 aliphatic carbocycles. The molecule has 10 nitrogen and oxygen atoms in total. The van der Waals surface area contributed by atoms with Gasteiger partial charge in [-0.15, -0.1) is 11.6 Å². The fourth-order valence-corrected chi connectivity index (χ4v) is 4.65. The monoisotopic (exact) mass is 656 g/mol. The number of esters is 2. The summed E-state index contributed by atoms with van der Waals surface area (Å²) in [7, 11) is 2.71. The third-order valence-corrected chi connectivity index (χ3v) is 7.14. The van der Waals surface area contributed by atoms with E-state index >= 15 is 0 Å². The summed E-state index contributed by atoms with van der Waals surface area (Å²) in [4.78, 5) is 39.1. The number of rotatable bonds is 5.